The number of nitrogens with one attached hydrogen (secondary N) is 1. The molecule has 1 atom stereocenters. The van der Waals surface area contributed by atoms with E-state index in [1.807, 2.05) is 12.2 Å². The van der Waals surface area contributed by atoms with E-state index in [9.17, 15) is 4.79 Å². The van der Waals surface area contributed by atoms with E-state index >= 15 is 0 Å². The van der Waals surface area contributed by atoms with Crippen LogP contribution in [0.1, 0.15) is 11.1 Å². The molecule has 0 aromatic heterocycles. The Morgan fingerprint density at radius 2 is 1.69 bits per heavy atom. The number of hydrogen-bond acceptors (Lipinski definition) is 7. The average molecular weight is 402 g/mol. The third-order valence-corrected chi connectivity index (χ3v) is 4.19. The number of aliphatic hydroxyl groups is 1. The Hall–Kier alpha value is -3.23. The van der Waals surface area contributed by atoms with Crippen LogP contribution < -0.4 is 30.0 Å². The van der Waals surface area contributed by atoms with Crippen molar-refractivity contribution in [1.82, 2.24) is 0 Å². The molecule has 0 fully saturated rings. The first-order valence-corrected chi connectivity index (χ1v) is 8.80. The Morgan fingerprint density at radius 1 is 1.03 bits per heavy atom. The number of carbonyl (C=O) groups is 1. The molecule has 0 saturated carbocycles. The fraction of sp³-hybridized carbons (Fsp3) is 0.286. The maximum Gasteiger partial charge on any atom is 0.243 e. The molecule has 2 aromatic rings. The van der Waals surface area contributed by atoms with Crippen LogP contribution in [-0.4, -0.2) is 52.1 Å². The minimum atomic E-state index is -1.02. The standard InChI is InChI=1S/C21H26N2O6/c1-26-15-8-7-14(17(11-15)23-21(25)16(22)12-24)6-5-13-9-18(27-2)20(29-4)19(10-13)28-3/h5-11,16,24H,12,22H2,1-4H3,(H,23,25). The SMILES string of the molecule is COc1ccc(C=Cc2cc(OC)c(OC)c(OC)c2)c(NC(=O)C(N)CO)c1. The summed E-state index contributed by atoms with van der Waals surface area (Å²) in [5.74, 6) is 1.64. The van der Waals surface area contributed by atoms with E-state index in [-0.39, 0.29) is 0 Å². The normalized spacial score (nSPS) is 11.8. The summed E-state index contributed by atoms with van der Waals surface area (Å²) >= 11 is 0. The van der Waals surface area contributed by atoms with Crippen LogP contribution in [0.15, 0.2) is 30.3 Å². The van der Waals surface area contributed by atoms with Crippen LogP contribution in [0.4, 0.5) is 5.69 Å². The van der Waals surface area contributed by atoms with E-state index in [1.54, 1.807) is 51.7 Å². The highest BCUT2D eigenvalue weighted by Crippen LogP contribution is 2.38. The second-order valence-electron chi connectivity index (χ2n) is 6.02. The topological polar surface area (TPSA) is 112 Å². The first kappa shape index (κ1) is 22.1. The second-order valence-corrected chi connectivity index (χ2v) is 6.02. The lowest BCUT2D eigenvalue weighted by Crippen LogP contribution is -2.38. The summed E-state index contributed by atoms with van der Waals surface area (Å²) in [6.07, 6.45) is 3.66. The van der Waals surface area contributed by atoms with Crippen LogP contribution in [-0.2, 0) is 4.79 Å². The molecular weight excluding hydrogens is 376 g/mol. The number of carbonyl (C=O) groups excluding carboxylic acids is 1. The fourth-order valence-electron chi connectivity index (χ4n) is 2.61. The molecule has 1 unspecified atom stereocenters. The molecule has 4 N–H and O–H groups in total. The van der Waals surface area contributed by atoms with E-state index in [1.165, 1.54) is 7.11 Å². The lowest BCUT2D eigenvalue weighted by Gasteiger charge is -2.14. The largest absolute Gasteiger partial charge is 0.497 e. The summed E-state index contributed by atoms with van der Waals surface area (Å²) < 4.78 is 21.3. The number of hydrogen-bond donors (Lipinski definition) is 3. The molecule has 0 heterocycles. The van der Waals surface area contributed by atoms with Crippen molar-refractivity contribution in [3.05, 3.63) is 41.5 Å². The monoisotopic (exact) mass is 402 g/mol. The summed E-state index contributed by atoms with van der Waals surface area (Å²) in [7, 11) is 6.17. The van der Waals surface area contributed by atoms with Gasteiger partial charge in [-0.25, -0.2) is 0 Å². The van der Waals surface area contributed by atoms with Crippen LogP contribution in [0, 0.1) is 0 Å². The van der Waals surface area contributed by atoms with Gasteiger partial charge in [0.2, 0.25) is 11.7 Å². The average Bonchev–Trinajstić information content (AvgIpc) is 2.76. The molecule has 8 heteroatoms. The van der Waals surface area contributed by atoms with Gasteiger partial charge in [-0.05, 0) is 35.4 Å². The van der Waals surface area contributed by atoms with Crippen molar-refractivity contribution >= 4 is 23.7 Å². The number of ether oxygens (including phenoxy) is 4. The highest BCUT2D eigenvalue weighted by atomic mass is 16.5. The molecule has 8 nitrogen and oxygen atoms in total. The van der Waals surface area contributed by atoms with Gasteiger partial charge in [-0.3, -0.25) is 4.79 Å². The molecule has 0 aliphatic carbocycles. The molecule has 2 aromatic carbocycles. The van der Waals surface area contributed by atoms with Crippen molar-refractivity contribution in [2.75, 3.05) is 40.4 Å². The van der Waals surface area contributed by atoms with Gasteiger partial charge in [0.25, 0.3) is 0 Å². The van der Waals surface area contributed by atoms with Crippen molar-refractivity contribution < 1.29 is 28.8 Å². The minimum Gasteiger partial charge on any atom is -0.497 e. The molecule has 2 rings (SSSR count). The molecular formula is C21H26N2O6. The van der Waals surface area contributed by atoms with Gasteiger partial charge in [-0.2, -0.15) is 0 Å². The van der Waals surface area contributed by atoms with E-state index in [0.29, 0.717) is 28.7 Å². The molecule has 0 radical (unpaired) electrons. The van der Waals surface area contributed by atoms with Crippen molar-refractivity contribution in [1.29, 1.82) is 0 Å². The number of methoxy groups -OCH3 is 4. The summed E-state index contributed by atoms with van der Waals surface area (Å²) in [6, 6.07) is 7.84. The predicted octanol–water partition coefficient (Wildman–Crippen LogP) is 2.15. The van der Waals surface area contributed by atoms with Gasteiger partial charge in [-0.1, -0.05) is 12.2 Å². The fourth-order valence-corrected chi connectivity index (χ4v) is 2.61. The maximum atomic E-state index is 12.1. The predicted molar refractivity (Wildman–Crippen MR) is 112 cm³/mol. The molecule has 29 heavy (non-hydrogen) atoms. The van der Waals surface area contributed by atoms with Crippen molar-refractivity contribution in [3.63, 3.8) is 0 Å². The molecule has 0 aliphatic heterocycles. The van der Waals surface area contributed by atoms with Crippen LogP contribution in [0.5, 0.6) is 23.0 Å². The van der Waals surface area contributed by atoms with Crippen molar-refractivity contribution in [2.45, 2.75) is 6.04 Å². The molecule has 0 spiro atoms. The zero-order valence-electron chi connectivity index (χ0n) is 16.9. The first-order chi connectivity index (χ1) is 14.0. The number of nitrogens with two attached hydrogens (primary N) is 1. The second kappa shape index (κ2) is 10.4. The Bertz CT molecular complexity index is 856. The Kier molecular flexibility index (Phi) is 7.88. The third kappa shape index (κ3) is 5.40. The van der Waals surface area contributed by atoms with E-state index in [2.05, 4.69) is 5.32 Å². The number of aliphatic hydroxyl groups excluding tert-OH is 1. The van der Waals surface area contributed by atoms with Gasteiger partial charge in [0.15, 0.2) is 11.5 Å². The van der Waals surface area contributed by atoms with Gasteiger partial charge in [0, 0.05) is 6.07 Å². The number of anilines is 1. The van der Waals surface area contributed by atoms with Crippen LogP contribution >= 0.6 is 0 Å². The van der Waals surface area contributed by atoms with Crippen LogP contribution in [0.25, 0.3) is 12.2 Å². The maximum absolute atomic E-state index is 12.1. The van der Waals surface area contributed by atoms with Gasteiger partial charge in [-0.15, -0.1) is 0 Å². The third-order valence-electron chi connectivity index (χ3n) is 4.19. The number of amides is 1. The minimum absolute atomic E-state index is 0.452. The van der Waals surface area contributed by atoms with Crippen LogP contribution in [0.2, 0.25) is 0 Å². The zero-order valence-corrected chi connectivity index (χ0v) is 16.9. The summed E-state index contributed by atoms with van der Waals surface area (Å²) in [4.78, 5) is 12.1. The summed E-state index contributed by atoms with van der Waals surface area (Å²) in [5, 5.41) is 11.8. The highest BCUT2D eigenvalue weighted by Gasteiger charge is 2.15. The number of benzene rings is 2. The van der Waals surface area contributed by atoms with Crippen molar-refractivity contribution in [3.8, 4) is 23.0 Å². The lowest BCUT2D eigenvalue weighted by molar-refractivity contribution is -0.118. The molecule has 1 amide bonds. The molecule has 0 saturated heterocycles. The quantitative estimate of drug-likeness (QED) is 0.551. The Balaban J connectivity index is 2.40. The van der Waals surface area contributed by atoms with Gasteiger partial charge in [0.05, 0.1) is 40.7 Å². The Labute approximate surface area is 169 Å². The lowest BCUT2D eigenvalue weighted by atomic mass is 10.1. The van der Waals surface area contributed by atoms with Gasteiger partial charge < -0.3 is 35.1 Å². The molecule has 0 bridgehead atoms. The number of rotatable bonds is 9. The van der Waals surface area contributed by atoms with Gasteiger partial charge >= 0.3 is 0 Å². The van der Waals surface area contributed by atoms with Gasteiger partial charge in [0.1, 0.15) is 11.8 Å². The first-order valence-electron chi connectivity index (χ1n) is 8.80. The Morgan fingerprint density at radius 3 is 2.21 bits per heavy atom. The zero-order chi connectivity index (χ0) is 21.4. The van der Waals surface area contributed by atoms with Crippen molar-refractivity contribution in [2.24, 2.45) is 5.73 Å². The van der Waals surface area contributed by atoms with E-state index < -0.39 is 18.6 Å². The smallest absolute Gasteiger partial charge is 0.243 e. The molecule has 0 aliphatic rings. The van der Waals surface area contributed by atoms with Crippen LogP contribution in [0.3, 0.4) is 0 Å². The molecule has 156 valence electrons. The summed E-state index contributed by atoms with van der Waals surface area (Å²) in [6.45, 7) is -0.452. The van der Waals surface area contributed by atoms with E-state index in [0.717, 1.165) is 11.1 Å². The van der Waals surface area contributed by atoms with E-state index in [4.69, 9.17) is 29.8 Å². The summed E-state index contributed by atoms with van der Waals surface area (Å²) in [5.41, 5.74) is 7.62. The highest BCUT2D eigenvalue weighted by molar-refractivity contribution is 5.97.